The highest BCUT2D eigenvalue weighted by Crippen LogP contribution is 2.66. The van der Waals surface area contributed by atoms with E-state index in [-0.39, 0.29) is 0 Å². The number of ether oxygens (including phenoxy) is 2. The summed E-state index contributed by atoms with van der Waals surface area (Å²) in [5.41, 5.74) is 0.315. The second kappa shape index (κ2) is 4.10. The van der Waals surface area contributed by atoms with Crippen LogP contribution in [-0.2, 0) is 9.47 Å². The molecule has 2 heteroatoms. The first-order valence-corrected chi connectivity index (χ1v) is 8.57. The van der Waals surface area contributed by atoms with E-state index >= 15 is 0 Å². The van der Waals surface area contributed by atoms with Gasteiger partial charge >= 0.3 is 0 Å². The first-order chi connectivity index (χ1) is 9.73. The molecule has 2 nitrogen and oxygen atoms in total. The fraction of sp³-hybridized carbons (Fsp3) is 0.889. The molecule has 4 aliphatic carbocycles. The molecule has 0 aromatic rings. The van der Waals surface area contributed by atoms with Gasteiger partial charge in [-0.25, -0.2) is 0 Å². The van der Waals surface area contributed by atoms with Crippen LogP contribution in [0, 0.1) is 46.8 Å². The Morgan fingerprint density at radius 2 is 1.90 bits per heavy atom. The summed E-state index contributed by atoms with van der Waals surface area (Å²) in [4.78, 5) is 0. The molecular weight excluding hydrogens is 248 g/mol. The van der Waals surface area contributed by atoms with Crippen molar-refractivity contribution in [2.45, 2.75) is 26.2 Å². The molecule has 110 valence electrons. The third-order valence-corrected chi connectivity index (χ3v) is 7.09. The Hall–Kier alpha value is -0.340. The average Bonchev–Trinajstić information content (AvgIpc) is 3.14. The average molecular weight is 274 g/mol. The third kappa shape index (κ3) is 1.58. The van der Waals surface area contributed by atoms with Gasteiger partial charge in [0.05, 0.1) is 19.8 Å². The van der Waals surface area contributed by atoms with Crippen molar-refractivity contribution in [3.8, 4) is 0 Å². The van der Waals surface area contributed by atoms with Crippen LogP contribution in [0.25, 0.3) is 0 Å². The summed E-state index contributed by atoms with van der Waals surface area (Å²) in [6, 6.07) is 0. The summed E-state index contributed by atoms with van der Waals surface area (Å²) in [5, 5.41) is 0. The van der Waals surface area contributed by atoms with Crippen molar-refractivity contribution < 1.29 is 9.47 Å². The van der Waals surface area contributed by atoms with Crippen LogP contribution < -0.4 is 0 Å². The normalized spacial score (nSPS) is 53.4. The number of allylic oxidation sites excluding steroid dienone is 2. The van der Waals surface area contributed by atoms with E-state index in [4.69, 9.17) is 9.47 Å². The fourth-order valence-electron chi connectivity index (χ4n) is 6.34. The summed E-state index contributed by atoms with van der Waals surface area (Å²) in [6.07, 6.45) is 9.52. The molecule has 0 amide bonds. The van der Waals surface area contributed by atoms with E-state index in [1.807, 2.05) is 0 Å². The van der Waals surface area contributed by atoms with Crippen LogP contribution in [-0.4, -0.2) is 26.4 Å². The molecule has 1 saturated heterocycles. The standard InChI is InChI=1S/C18H26O2/c1-18(9-20-10-18)8-19-7-14-5-13-6-15(14)17-12-3-2-11(4-12)16(13)17/h2-3,11-17H,4-10H2,1H3. The van der Waals surface area contributed by atoms with Gasteiger partial charge in [0.2, 0.25) is 0 Å². The number of hydrogen-bond acceptors (Lipinski definition) is 2. The van der Waals surface area contributed by atoms with Crippen LogP contribution in [0.1, 0.15) is 26.2 Å². The number of fused-ring (bicyclic) bond motifs is 9. The molecular formula is C18H26O2. The van der Waals surface area contributed by atoms with E-state index in [0.717, 1.165) is 67.9 Å². The van der Waals surface area contributed by atoms with Gasteiger partial charge in [0.1, 0.15) is 0 Å². The Morgan fingerprint density at radius 1 is 1.10 bits per heavy atom. The third-order valence-electron chi connectivity index (χ3n) is 7.09. The van der Waals surface area contributed by atoms with Gasteiger partial charge in [-0.1, -0.05) is 19.1 Å². The predicted octanol–water partition coefficient (Wildman–Crippen LogP) is 3.13. The monoisotopic (exact) mass is 274 g/mol. The van der Waals surface area contributed by atoms with E-state index in [2.05, 4.69) is 19.1 Å². The van der Waals surface area contributed by atoms with Crippen molar-refractivity contribution in [3.63, 3.8) is 0 Å². The van der Waals surface area contributed by atoms with Gasteiger partial charge in [-0.15, -0.1) is 0 Å². The lowest BCUT2D eigenvalue weighted by Crippen LogP contribution is -2.44. The van der Waals surface area contributed by atoms with E-state index in [1.165, 1.54) is 19.3 Å². The highest BCUT2D eigenvalue weighted by Gasteiger charge is 2.60. The Bertz CT molecular complexity index is 439. The van der Waals surface area contributed by atoms with Crippen LogP contribution >= 0.6 is 0 Å². The highest BCUT2D eigenvalue weighted by molar-refractivity contribution is 5.20. The molecule has 4 bridgehead atoms. The summed E-state index contributed by atoms with van der Waals surface area (Å²) >= 11 is 0. The largest absolute Gasteiger partial charge is 0.380 e. The van der Waals surface area contributed by atoms with Crippen molar-refractivity contribution in [2.24, 2.45) is 46.8 Å². The van der Waals surface area contributed by atoms with Crippen LogP contribution in [0.4, 0.5) is 0 Å². The van der Waals surface area contributed by atoms with Gasteiger partial charge in [-0.2, -0.15) is 0 Å². The first kappa shape index (κ1) is 12.2. The highest BCUT2D eigenvalue weighted by atomic mass is 16.5. The molecule has 0 aromatic heterocycles. The SMILES string of the molecule is CC1(COCC2CC3CC2C2C4C=CC(C4)C32)COC1. The lowest BCUT2D eigenvalue weighted by Gasteiger charge is -2.39. The fourth-order valence-corrected chi connectivity index (χ4v) is 6.34. The van der Waals surface area contributed by atoms with E-state index in [1.54, 1.807) is 0 Å². The molecule has 5 rings (SSSR count). The predicted molar refractivity (Wildman–Crippen MR) is 77.2 cm³/mol. The summed E-state index contributed by atoms with van der Waals surface area (Å²) < 4.78 is 11.4. The molecule has 0 spiro atoms. The molecule has 7 atom stereocenters. The Labute approximate surface area is 121 Å². The maximum atomic E-state index is 6.11. The molecule has 5 aliphatic rings. The minimum atomic E-state index is 0.315. The zero-order chi connectivity index (χ0) is 13.3. The number of hydrogen-bond donors (Lipinski definition) is 0. The van der Waals surface area contributed by atoms with Crippen LogP contribution in [0.5, 0.6) is 0 Å². The van der Waals surface area contributed by atoms with Crippen molar-refractivity contribution in [1.29, 1.82) is 0 Å². The van der Waals surface area contributed by atoms with Gasteiger partial charge < -0.3 is 9.47 Å². The second-order valence-electron chi connectivity index (χ2n) is 8.58. The van der Waals surface area contributed by atoms with Crippen molar-refractivity contribution in [2.75, 3.05) is 26.4 Å². The molecule has 7 unspecified atom stereocenters. The molecule has 0 aromatic carbocycles. The topological polar surface area (TPSA) is 18.5 Å². The van der Waals surface area contributed by atoms with Crippen molar-refractivity contribution in [3.05, 3.63) is 12.2 Å². The quantitative estimate of drug-likeness (QED) is 0.579. The Morgan fingerprint density at radius 3 is 2.65 bits per heavy atom. The summed E-state index contributed by atoms with van der Waals surface area (Å²) in [5.74, 6) is 6.84. The second-order valence-corrected chi connectivity index (χ2v) is 8.58. The van der Waals surface area contributed by atoms with E-state index in [0.29, 0.717) is 5.41 Å². The lowest BCUT2D eigenvalue weighted by atomic mass is 9.69. The van der Waals surface area contributed by atoms with Crippen molar-refractivity contribution in [1.82, 2.24) is 0 Å². The van der Waals surface area contributed by atoms with Gasteiger partial charge in [0.15, 0.2) is 0 Å². The molecule has 20 heavy (non-hydrogen) atoms. The van der Waals surface area contributed by atoms with Crippen LogP contribution in [0.3, 0.4) is 0 Å². The van der Waals surface area contributed by atoms with Crippen LogP contribution in [0.15, 0.2) is 12.2 Å². The Kier molecular flexibility index (Phi) is 2.51. The maximum Gasteiger partial charge on any atom is 0.0564 e. The Balaban J connectivity index is 1.22. The lowest BCUT2D eigenvalue weighted by molar-refractivity contribution is -0.142. The van der Waals surface area contributed by atoms with Gasteiger partial charge in [0, 0.05) is 12.0 Å². The van der Waals surface area contributed by atoms with E-state index < -0.39 is 0 Å². The van der Waals surface area contributed by atoms with E-state index in [9.17, 15) is 0 Å². The van der Waals surface area contributed by atoms with Crippen molar-refractivity contribution >= 4 is 0 Å². The molecule has 3 saturated carbocycles. The zero-order valence-corrected chi connectivity index (χ0v) is 12.5. The minimum absolute atomic E-state index is 0.315. The number of rotatable bonds is 4. The van der Waals surface area contributed by atoms with Gasteiger partial charge in [0.25, 0.3) is 0 Å². The molecule has 4 fully saturated rings. The minimum Gasteiger partial charge on any atom is -0.380 e. The van der Waals surface area contributed by atoms with Gasteiger partial charge in [-0.05, 0) is 60.7 Å². The first-order valence-electron chi connectivity index (χ1n) is 8.57. The summed E-state index contributed by atoms with van der Waals surface area (Å²) in [6.45, 7) is 5.99. The maximum absolute atomic E-state index is 6.11. The zero-order valence-electron chi connectivity index (χ0n) is 12.5. The molecule has 1 heterocycles. The molecule has 1 aliphatic heterocycles. The molecule has 0 radical (unpaired) electrons. The smallest absolute Gasteiger partial charge is 0.0564 e. The summed E-state index contributed by atoms with van der Waals surface area (Å²) in [7, 11) is 0. The van der Waals surface area contributed by atoms with Crippen LogP contribution in [0.2, 0.25) is 0 Å². The van der Waals surface area contributed by atoms with Gasteiger partial charge in [-0.3, -0.25) is 0 Å². The molecule has 0 N–H and O–H groups in total.